The van der Waals surface area contributed by atoms with Crippen molar-refractivity contribution in [3.63, 3.8) is 0 Å². The van der Waals surface area contributed by atoms with Crippen LogP contribution in [-0.4, -0.2) is 53.6 Å². The zero-order valence-corrected chi connectivity index (χ0v) is 20.6. The molecule has 31 heavy (non-hydrogen) atoms. The monoisotopic (exact) mass is 557 g/mol. The van der Waals surface area contributed by atoms with E-state index in [4.69, 9.17) is 16.3 Å². The molecule has 1 aromatic rings. The number of halogens is 2. The average Bonchev–Trinajstić information content (AvgIpc) is 2.80. The number of amides is 1. The van der Waals surface area contributed by atoms with Gasteiger partial charge in [-0.1, -0.05) is 39.3 Å². The van der Waals surface area contributed by atoms with Gasteiger partial charge in [0.15, 0.2) is 0 Å². The number of hydrogen-bond donors (Lipinski definition) is 3. The van der Waals surface area contributed by atoms with E-state index in [1.165, 1.54) is 3.63 Å². The van der Waals surface area contributed by atoms with Gasteiger partial charge >= 0.3 is 0 Å². The topological polar surface area (TPSA) is 87.6 Å². The van der Waals surface area contributed by atoms with E-state index in [0.717, 1.165) is 54.7 Å². The lowest BCUT2D eigenvalue weighted by Gasteiger charge is -2.26. The van der Waals surface area contributed by atoms with Gasteiger partial charge in [0.05, 0.1) is 20.8 Å². The molecule has 0 bridgehead atoms. The van der Waals surface area contributed by atoms with Crippen LogP contribution in [-0.2, 0) is 9.53 Å². The quantitative estimate of drug-likeness (QED) is 0.467. The first-order valence-corrected chi connectivity index (χ1v) is 13.4. The molecule has 0 saturated carbocycles. The van der Waals surface area contributed by atoms with Crippen LogP contribution in [0.2, 0.25) is 5.02 Å². The van der Waals surface area contributed by atoms with Crippen molar-refractivity contribution in [2.75, 3.05) is 38.2 Å². The van der Waals surface area contributed by atoms with Crippen LogP contribution >= 0.6 is 32.3 Å². The number of rotatable bonds is 6. The summed E-state index contributed by atoms with van der Waals surface area (Å²) in [6.45, 7) is 6.50. The fourth-order valence-corrected chi connectivity index (χ4v) is 6.73. The number of pyridine rings is 1. The van der Waals surface area contributed by atoms with Crippen LogP contribution in [0.4, 0.5) is 5.82 Å². The minimum Gasteiger partial charge on any atom is -0.381 e. The van der Waals surface area contributed by atoms with E-state index in [0.29, 0.717) is 29.2 Å². The highest BCUT2D eigenvalue weighted by atomic mass is 127. The zero-order chi connectivity index (χ0) is 21.6. The van der Waals surface area contributed by atoms with Crippen molar-refractivity contribution in [1.29, 1.82) is 0 Å². The molecule has 9 heteroatoms. The number of hydrogen-bond acceptors (Lipinski definition) is 6. The smallest absolute Gasteiger partial charge is 0.229 e. The van der Waals surface area contributed by atoms with Crippen molar-refractivity contribution in [3.05, 3.63) is 29.0 Å². The Balaban J connectivity index is 1.42. The second-order valence-corrected chi connectivity index (χ2v) is 11.6. The number of nitrogens with zero attached hydrogens (tertiary/aromatic N) is 2. The SMILES string of the molecule is C[C@@H]1CNC[C@H](C(=O)Nc2cc(C3=CN=CC(NCC4CCOCC4)=I3)c(Cl)cn2)C1. The summed E-state index contributed by atoms with van der Waals surface area (Å²) in [5.74, 6) is 1.66. The summed E-state index contributed by atoms with van der Waals surface area (Å²) in [5, 5.41) is 10.5. The number of aromatic nitrogens is 1. The summed E-state index contributed by atoms with van der Waals surface area (Å²) in [7, 11) is 0. The number of ether oxygens (including phenoxy) is 1. The second kappa shape index (κ2) is 11.1. The largest absolute Gasteiger partial charge is 0.381 e. The molecule has 3 aliphatic rings. The molecule has 4 heterocycles. The third-order valence-electron chi connectivity index (χ3n) is 5.78. The van der Waals surface area contributed by atoms with Gasteiger partial charge in [-0.15, -0.1) is 0 Å². The van der Waals surface area contributed by atoms with Crippen LogP contribution < -0.4 is 16.0 Å². The first kappa shape index (κ1) is 23.0. The summed E-state index contributed by atoms with van der Waals surface area (Å²) in [4.78, 5) is 21.5. The van der Waals surface area contributed by atoms with Gasteiger partial charge in [0.2, 0.25) is 5.91 Å². The minimum absolute atomic E-state index is 0.00976. The maximum Gasteiger partial charge on any atom is 0.229 e. The normalized spacial score (nSPS) is 24.7. The van der Waals surface area contributed by atoms with Crippen LogP contribution in [0, 0.1) is 17.8 Å². The number of piperidine rings is 1. The number of aliphatic imine (C=N–C) groups is 1. The Labute approximate surface area is 198 Å². The minimum atomic E-state index is -0.443. The molecule has 168 valence electrons. The molecular weight excluding hydrogens is 529 g/mol. The molecule has 0 aliphatic carbocycles. The molecule has 1 aromatic heterocycles. The van der Waals surface area contributed by atoms with Crippen molar-refractivity contribution in [2.24, 2.45) is 22.7 Å². The number of nitrogens with one attached hydrogen (secondary N) is 3. The van der Waals surface area contributed by atoms with E-state index in [1.807, 2.05) is 18.5 Å². The summed E-state index contributed by atoms with van der Waals surface area (Å²) >= 11 is 6.03. The Bertz CT molecular complexity index is 898. The van der Waals surface area contributed by atoms with Gasteiger partial charge < -0.3 is 15.4 Å². The molecular formula is C22H29ClIN5O2. The highest BCUT2D eigenvalue weighted by molar-refractivity contribution is 14.2. The lowest BCUT2D eigenvalue weighted by atomic mass is 9.91. The van der Waals surface area contributed by atoms with Gasteiger partial charge in [0.25, 0.3) is 0 Å². The second-order valence-electron chi connectivity index (χ2n) is 8.37. The van der Waals surface area contributed by atoms with E-state index in [2.05, 4.69) is 32.9 Å². The highest BCUT2D eigenvalue weighted by Crippen LogP contribution is 2.35. The molecule has 1 amide bonds. The lowest BCUT2D eigenvalue weighted by molar-refractivity contribution is -0.120. The maximum absolute atomic E-state index is 12.7. The van der Waals surface area contributed by atoms with Crippen LogP contribution in [0.5, 0.6) is 0 Å². The summed E-state index contributed by atoms with van der Waals surface area (Å²) in [5.41, 5.74) is 0.900. The van der Waals surface area contributed by atoms with Crippen molar-refractivity contribution in [2.45, 2.75) is 26.2 Å². The summed E-state index contributed by atoms with van der Waals surface area (Å²) < 4.78 is 7.75. The molecule has 7 nitrogen and oxygen atoms in total. The maximum atomic E-state index is 12.7. The highest BCUT2D eigenvalue weighted by Gasteiger charge is 2.25. The number of carbonyl (C=O) groups excluding carboxylic acids is 1. The lowest BCUT2D eigenvalue weighted by Crippen LogP contribution is -2.41. The van der Waals surface area contributed by atoms with E-state index in [1.54, 1.807) is 6.20 Å². The Kier molecular flexibility index (Phi) is 8.22. The molecule has 2 saturated heterocycles. The van der Waals surface area contributed by atoms with Crippen molar-refractivity contribution < 1.29 is 9.53 Å². The average molecular weight is 558 g/mol. The Morgan fingerprint density at radius 1 is 1.35 bits per heavy atom. The van der Waals surface area contributed by atoms with Crippen molar-refractivity contribution in [1.82, 2.24) is 15.6 Å². The molecule has 3 N–H and O–H groups in total. The predicted octanol–water partition coefficient (Wildman–Crippen LogP) is 3.42. The van der Waals surface area contributed by atoms with Crippen LogP contribution in [0.1, 0.15) is 31.7 Å². The number of carbonyl (C=O) groups is 1. The molecule has 2 fully saturated rings. The first-order valence-electron chi connectivity index (χ1n) is 10.8. The van der Waals surface area contributed by atoms with Crippen molar-refractivity contribution >= 4 is 57.5 Å². The summed E-state index contributed by atoms with van der Waals surface area (Å²) in [6.07, 6.45) is 8.52. The zero-order valence-electron chi connectivity index (χ0n) is 17.7. The number of anilines is 1. The van der Waals surface area contributed by atoms with Gasteiger partial charge in [-0.2, -0.15) is 0 Å². The van der Waals surface area contributed by atoms with Gasteiger partial charge in [-0.25, -0.2) is 4.98 Å². The fourth-order valence-electron chi connectivity index (χ4n) is 3.99. The molecule has 3 aliphatic heterocycles. The van der Waals surface area contributed by atoms with Crippen LogP contribution in [0.3, 0.4) is 0 Å². The Morgan fingerprint density at radius 2 is 2.19 bits per heavy atom. The van der Waals surface area contributed by atoms with E-state index in [9.17, 15) is 4.79 Å². The van der Waals surface area contributed by atoms with Gasteiger partial charge in [0.1, 0.15) is 5.82 Å². The van der Waals surface area contributed by atoms with E-state index >= 15 is 0 Å². The molecule has 4 rings (SSSR count). The predicted molar refractivity (Wildman–Crippen MR) is 135 cm³/mol. The van der Waals surface area contributed by atoms with E-state index < -0.39 is 20.7 Å². The Morgan fingerprint density at radius 3 is 3.00 bits per heavy atom. The molecule has 0 radical (unpaired) electrons. The Hall–Kier alpha value is -1.20. The van der Waals surface area contributed by atoms with Gasteiger partial charge in [-0.05, 0) is 43.7 Å². The third-order valence-corrected chi connectivity index (χ3v) is 8.77. The third kappa shape index (κ3) is 6.41. The summed E-state index contributed by atoms with van der Waals surface area (Å²) in [6, 6.07) is 1.88. The molecule has 0 unspecified atom stereocenters. The van der Waals surface area contributed by atoms with Crippen LogP contribution in [0.15, 0.2) is 23.5 Å². The van der Waals surface area contributed by atoms with Gasteiger partial charge in [0, 0.05) is 47.8 Å². The van der Waals surface area contributed by atoms with Gasteiger partial charge in [-0.3, -0.25) is 15.1 Å². The fraction of sp³-hybridized carbons (Fsp3) is 0.545. The standard InChI is InChI=1S/C22H29ClIN5O2/c1-14-6-16(10-25-8-14)22(30)29-21-7-17(18(23)11-28-21)19-12-26-13-20(24-19)27-9-15-2-4-31-5-3-15/h7,11-16,25,27H,2-6,8-10H2,1H3,(H,28,29,30)/t14-,16+/m0/s1. The van der Waals surface area contributed by atoms with Crippen molar-refractivity contribution in [3.8, 4) is 0 Å². The molecule has 2 atom stereocenters. The van der Waals surface area contributed by atoms with Crippen LogP contribution in [0.25, 0.3) is 3.58 Å². The van der Waals surface area contributed by atoms with E-state index in [-0.39, 0.29) is 11.8 Å². The molecule has 0 spiro atoms. The molecule has 0 aromatic carbocycles. The first-order chi connectivity index (χ1) is 15.1.